The van der Waals surface area contributed by atoms with E-state index < -0.39 is 0 Å². The minimum absolute atomic E-state index is 0.228. The Hall–Kier alpha value is -2.39. The van der Waals surface area contributed by atoms with Crippen LogP contribution >= 0.6 is 23.1 Å². The predicted octanol–water partition coefficient (Wildman–Crippen LogP) is 5.02. The molecule has 0 atom stereocenters. The lowest BCUT2D eigenvalue weighted by molar-refractivity contribution is -0.131. The highest BCUT2D eigenvalue weighted by atomic mass is 32.2. The smallest absolute Gasteiger partial charge is 0.222 e. The Morgan fingerprint density at radius 1 is 1.12 bits per heavy atom. The number of likely N-dealkylation sites (tertiary alicyclic amines) is 1. The average molecular weight is 472 g/mol. The van der Waals surface area contributed by atoms with Gasteiger partial charge in [0.1, 0.15) is 10.8 Å². The number of rotatable bonds is 9. The molecule has 3 aromatic rings. The molecule has 0 bridgehead atoms. The van der Waals surface area contributed by atoms with Crippen molar-refractivity contribution in [3.05, 3.63) is 41.2 Å². The van der Waals surface area contributed by atoms with Crippen LogP contribution in [0.5, 0.6) is 5.75 Å². The lowest BCUT2D eigenvalue weighted by Gasteiger charge is -2.20. The summed E-state index contributed by atoms with van der Waals surface area (Å²) in [5.74, 6) is 2.69. The predicted molar refractivity (Wildman–Crippen MR) is 128 cm³/mol. The Bertz CT molecular complexity index is 1030. The maximum atomic E-state index is 12.4. The quantitative estimate of drug-likeness (QED) is 0.408. The molecule has 0 N–H and O–H groups in total. The molecule has 170 valence electrons. The number of carbonyl (C=O) groups is 1. The number of hydrogen-bond acceptors (Lipinski definition) is 7. The van der Waals surface area contributed by atoms with Gasteiger partial charge in [0.15, 0.2) is 11.0 Å². The van der Waals surface area contributed by atoms with Crippen LogP contribution in [-0.2, 0) is 23.6 Å². The van der Waals surface area contributed by atoms with Crippen molar-refractivity contribution in [1.29, 1.82) is 0 Å². The second-order valence-corrected chi connectivity index (χ2v) is 9.46. The molecular formula is C23H29N5O2S2. The molecule has 4 rings (SSSR count). The molecule has 0 radical (unpaired) electrons. The molecule has 1 saturated heterocycles. The van der Waals surface area contributed by atoms with E-state index in [2.05, 4.69) is 27.1 Å². The molecule has 0 spiro atoms. The maximum Gasteiger partial charge on any atom is 0.222 e. The van der Waals surface area contributed by atoms with Crippen molar-refractivity contribution in [2.75, 3.05) is 13.2 Å². The van der Waals surface area contributed by atoms with Gasteiger partial charge >= 0.3 is 0 Å². The standard InChI is InChI=1S/C23H29N5O2S2/c1-3-28-20(14-27-13-7-5-6-8-21(27)29)25-26-23(28)32-16-18-15-31-22(24-18)17-9-11-19(12-10-17)30-4-2/h9-12,15H,3-8,13-14,16H2,1-2H3. The lowest BCUT2D eigenvalue weighted by atomic mass is 10.2. The van der Waals surface area contributed by atoms with Gasteiger partial charge in [0.2, 0.25) is 5.91 Å². The van der Waals surface area contributed by atoms with Crippen LogP contribution < -0.4 is 4.74 Å². The molecule has 0 unspecified atom stereocenters. The van der Waals surface area contributed by atoms with Crippen LogP contribution in [-0.4, -0.2) is 43.7 Å². The normalized spacial score (nSPS) is 14.6. The fraction of sp³-hybridized carbons (Fsp3) is 0.478. The van der Waals surface area contributed by atoms with Crippen molar-refractivity contribution in [3.63, 3.8) is 0 Å². The highest BCUT2D eigenvalue weighted by Gasteiger charge is 2.20. The molecule has 1 aromatic carbocycles. The second kappa shape index (κ2) is 11.0. The van der Waals surface area contributed by atoms with E-state index in [1.165, 1.54) is 0 Å². The third-order valence-electron chi connectivity index (χ3n) is 5.43. The fourth-order valence-corrected chi connectivity index (χ4v) is 5.59. The number of thiazole rings is 1. The monoisotopic (exact) mass is 471 g/mol. The number of benzene rings is 1. The summed E-state index contributed by atoms with van der Waals surface area (Å²) in [5, 5.41) is 12.8. The Morgan fingerprint density at radius 3 is 2.75 bits per heavy atom. The van der Waals surface area contributed by atoms with Gasteiger partial charge in [-0.1, -0.05) is 18.2 Å². The van der Waals surface area contributed by atoms with Gasteiger partial charge in [-0.3, -0.25) is 4.79 Å². The van der Waals surface area contributed by atoms with Crippen molar-refractivity contribution < 1.29 is 9.53 Å². The van der Waals surface area contributed by atoms with Crippen molar-refractivity contribution in [3.8, 4) is 16.3 Å². The van der Waals surface area contributed by atoms with Gasteiger partial charge in [-0.05, 0) is 51.0 Å². The van der Waals surface area contributed by atoms with E-state index in [4.69, 9.17) is 9.72 Å². The van der Waals surface area contributed by atoms with E-state index in [-0.39, 0.29) is 5.91 Å². The highest BCUT2D eigenvalue weighted by molar-refractivity contribution is 7.98. The van der Waals surface area contributed by atoms with Gasteiger partial charge in [0.25, 0.3) is 0 Å². The first-order valence-corrected chi connectivity index (χ1v) is 13.0. The molecule has 1 aliphatic heterocycles. The molecular weight excluding hydrogens is 442 g/mol. The van der Waals surface area contributed by atoms with Crippen LogP contribution in [0.25, 0.3) is 10.6 Å². The molecule has 1 fully saturated rings. The first-order chi connectivity index (χ1) is 15.7. The van der Waals surface area contributed by atoms with Gasteiger partial charge in [-0.2, -0.15) is 0 Å². The van der Waals surface area contributed by atoms with Crippen LogP contribution in [0, 0.1) is 0 Å². The summed E-state index contributed by atoms with van der Waals surface area (Å²) in [4.78, 5) is 19.1. The molecule has 0 aliphatic carbocycles. The van der Waals surface area contributed by atoms with E-state index in [1.807, 2.05) is 36.1 Å². The van der Waals surface area contributed by atoms with Crippen molar-refractivity contribution in [1.82, 2.24) is 24.6 Å². The number of ether oxygens (including phenoxy) is 1. The van der Waals surface area contributed by atoms with Crippen LogP contribution in [0.3, 0.4) is 0 Å². The van der Waals surface area contributed by atoms with Crippen LogP contribution in [0.15, 0.2) is 34.8 Å². The molecule has 1 aliphatic rings. The molecule has 3 heterocycles. The topological polar surface area (TPSA) is 73.1 Å². The minimum Gasteiger partial charge on any atom is -0.494 e. The van der Waals surface area contributed by atoms with Crippen molar-refractivity contribution >= 4 is 29.0 Å². The summed E-state index contributed by atoms with van der Waals surface area (Å²) in [6.45, 7) is 6.87. The molecule has 32 heavy (non-hydrogen) atoms. The largest absolute Gasteiger partial charge is 0.494 e. The first kappa shape index (κ1) is 22.8. The Balaban J connectivity index is 1.39. The number of thioether (sulfide) groups is 1. The number of nitrogens with zero attached hydrogens (tertiary/aromatic N) is 5. The lowest BCUT2D eigenvalue weighted by Crippen LogP contribution is -2.31. The average Bonchev–Trinajstić information content (AvgIpc) is 3.38. The number of amides is 1. The van der Waals surface area contributed by atoms with E-state index >= 15 is 0 Å². The molecule has 9 heteroatoms. The van der Waals surface area contributed by atoms with Crippen LogP contribution in [0.4, 0.5) is 0 Å². The minimum atomic E-state index is 0.228. The van der Waals surface area contributed by atoms with E-state index in [1.54, 1.807) is 23.1 Å². The van der Waals surface area contributed by atoms with Crippen molar-refractivity contribution in [2.45, 2.75) is 63.5 Å². The molecule has 7 nitrogen and oxygen atoms in total. The molecule has 1 amide bonds. The second-order valence-electron chi connectivity index (χ2n) is 7.66. The fourth-order valence-electron chi connectivity index (χ4n) is 3.74. The SMILES string of the molecule is CCOc1ccc(-c2nc(CSc3nnc(CN4CCCCCC4=O)n3CC)cs2)cc1. The third-order valence-corrected chi connectivity index (χ3v) is 7.37. The van der Waals surface area contributed by atoms with Gasteiger partial charge < -0.3 is 14.2 Å². The van der Waals surface area contributed by atoms with Gasteiger partial charge in [0.05, 0.1) is 18.8 Å². The van der Waals surface area contributed by atoms with Crippen LogP contribution in [0.2, 0.25) is 0 Å². The van der Waals surface area contributed by atoms with Crippen molar-refractivity contribution in [2.24, 2.45) is 0 Å². The Labute approximate surface area is 197 Å². The zero-order valence-corrected chi connectivity index (χ0v) is 20.3. The van der Waals surface area contributed by atoms with Gasteiger partial charge in [0, 0.05) is 36.2 Å². The molecule has 2 aromatic heterocycles. The van der Waals surface area contributed by atoms with Gasteiger partial charge in [-0.15, -0.1) is 21.5 Å². The summed E-state index contributed by atoms with van der Waals surface area (Å²) in [5.41, 5.74) is 2.12. The summed E-state index contributed by atoms with van der Waals surface area (Å²) >= 11 is 3.29. The maximum absolute atomic E-state index is 12.4. The number of hydrogen-bond donors (Lipinski definition) is 0. The highest BCUT2D eigenvalue weighted by Crippen LogP contribution is 2.29. The Morgan fingerprint density at radius 2 is 1.97 bits per heavy atom. The van der Waals surface area contributed by atoms with E-state index in [0.29, 0.717) is 19.6 Å². The number of aromatic nitrogens is 4. The summed E-state index contributed by atoms with van der Waals surface area (Å²) in [7, 11) is 0. The summed E-state index contributed by atoms with van der Waals surface area (Å²) in [6.07, 6.45) is 3.82. The molecule has 0 saturated carbocycles. The zero-order chi connectivity index (χ0) is 22.3. The first-order valence-electron chi connectivity index (χ1n) is 11.2. The summed E-state index contributed by atoms with van der Waals surface area (Å²) < 4.78 is 7.63. The zero-order valence-electron chi connectivity index (χ0n) is 18.6. The van der Waals surface area contributed by atoms with Crippen LogP contribution in [0.1, 0.15) is 51.0 Å². The van der Waals surface area contributed by atoms with Gasteiger partial charge in [-0.25, -0.2) is 4.98 Å². The van der Waals surface area contributed by atoms with E-state index in [0.717, 1.165) is 71.1 Å². The summed E-state index contributed by atoms with van der Waals surface area (Å²) in [6, 6.07) is 8.06. The van der Waals surface area contributed by atoms with E-state index in [9.17, 15) is 4.79 Å². The Kier molecular flexibility index (Phi) is 7.81. The third kappa shape index (κ3) is 5.50. The number of carbonyl (C=O) groups excluding carboxylic acids is 1.